The SMILES string of the molecule is C=CCc1ccc(-c2ccccc2)c(-c2ccccc2)c1C#N. The molecule has 0 amide bonds. The Labute approximate surface area is 137 Å². The third-order valence-electron chi connectivity index (χ3n) is 3.91. The molecule has 0 aliphatic carbocycles. The molecule has 0 aromatic heterocycles. The van der Waals surface area contributed by atoms with Gasteiger partial charge in [0.2, 0.25) is 0 Å². The first-order chi connectivity index (χ1) is 11.3. The zero-order chi connectivity index (χ0) is 16.1. The summed E-state index contributed by atoms with van der Waals surface area (Å²) in [6, 6.07) is 26.9. The molecule has 0 saturated heterocycles. The maximum atomic E-state index is 9.77. The van der Waals surface area contributed by atoms with Crippen molar-refractivity contribution in [1.29, 1.82) is 5.26 Å². The first-order valence-corrected chi connectivity index (χ1v) is 7.63. The monoisotopic (exact) mass is 295 g/mol. The van der Waals surface area contributed by atoms with E-state index in [9.17, 15) is 5.26 Å². The van der Waals surface area contributed by atoms with Crippen molar-refractivity contribution in [2.75, 3.05) is 0 Å². The van der Waals surface area contributed by atoms with Crippen LogP contribution in [0.3, 0.4) is 0 Å². The van der Waals surface area contributed by atoms with Crippen molar-refractivity contribution in [1.82, 2.24) is 0 Å². The van der Waals surface area contributed by atoms with Crippen LogP contribution in [0.4, 0.5) is 0 Å². The topological polar surface area (TPSA) is 23.8 Å². The Balaban J connectivity index is 2.33. The molecule has 0 heterocycles. The summed E-state index contributed by atoms with van der Waals surface area (Å²) in [6.07, 6.45) is 2.53. The summed E-state index contributed by atoms with van der Waals surface area (Å²) >= 11 is 0. The van der Waals surface area contributed by atoms with Gasteiger partial charge in [0.25, 0.3) is 0 Å². The van der Waals surface area contributed by atoms with Crippen molar-refractivity contribution in [2.24, 2.45) is 0 Å². The van der Waals surface area contributed by atoms with E-state index < -0.39 is 0 Å². The van der Waals surface area contributed by atoms with Gasteiger partial charge in [0.15, 0.2) is 0 Å². The van der Waals surface area contributed by atoms with Crippen LogP contribution in [0.5, 0.6) is 0 Å². The van der Waals surface area contributed by atoms with Crippen molar-refractivity contribution in [3.05, 3.63) is 96.6 Å². The largest absolute Gasteiger partial charge is 0.192 e. The van der Waals surface area contributed by atoms with Crippen LogP contribution in [0.15, 0.2) is 85.5 Å². The van der Waals surface area contributed by atoms with Crippen molar-refractivity contribution in [3.8, 4) is 28.3 Å². The normalized spacial score (nSPS) is 10.0. The van der Waals surface area contributed by atoms with Gasteiger partial charge in [0.1, 0.15) is 6.07 Å². The van der Waals surface area contributed by atoms with Crippen molar-refractivity contribution in [2.45, 2.75) is 6.42 Å². The highest BCUT2D eigenvalue weighted by atomic mass is 14.3. The zero-order valence-electron chi connectivity index (χ0n) is 12.9. The van der Waals surface area contributed by atoms with Gasteiger partial charge in [-0.15, -0.1) is 6.58 Å². The molecule has 0 aliphatic heterocycles. The van der Waals surface area contributed by atoms with Gasteiger partial charge < -0.3 is 0 Å². The zero-order valence-corrected chi connectivity index (χ0v) is 12.9. The van der Waals surface area contributed by atoms with Gasteiger partial charge in [-0.1, -0.05) is 78.9 Å². The van der Waals surface area contributed by atoms with Crippen LogP contribution >= 0.6 is 0 Å². The molecule has 0 N–H and O–H groups in total. The maximum absolute atomic E-state index is 9.77. The van der Waals surface area contributed by atoms with Gasteiger partial charge in [-0.05, 0) is 28.7 Å². The maximum Gasteiger partial charge on any atom is 0.100 e. The Hall–Kier alpha value is -3.11. The fraction of sp³-hybridized carbons (Fsp3) is 0.0455. The van der Waals surface area contributed by atoms with E-state index in [1.807, 2.05) is 48.5 Å². The average Bonchev–Trinajstić information content (AvgIpc) is 2.63. The molecule has 110 valence electrons. The second-order valence-corrected chi connectivity index (χ2v) is 5.36. The first kappa shape index (κ1) is 14.8. The van der Waals surface area contributed by atoms with E-state index in [1.165, 1.54) is 0 Å². The number of nitriles is 1. The quantitative estimate of drug-likeness (QED) is 0.573. The lowest BCUT2D eigenvalue weighted by atomic mass is 9.87. The number of hydrogen-bond donors (Lipinski definition) is 0. The van der Waals surface area contributed by atoms with Gasteiger partial charge in [0.05, 0.1) is 5.56 Å². The van der Waals surface area contributed by atoms with Crippen LogP contribution in [0.2, 0.25) is 0 Å². The second kappa shape index (κ2) is 6.77. The van der Waals surface area contributed by atoms with Gasteiger partial charge in [-0.3, -0.25) is 0 Å². The average molecular weight is 295 g/mol. The van der Waals surface area contributed by atoms with E-state index in [0.717, 1.165) is 33.4 Å². The number of rotatable bonds is 4. The standard InChI is InChI=1S/C22H17N/c1-2-9-17-14-15-20(18-10-5-3-6-11-18)22(21(17)16-23)19-12-7-4-8-13-19/h2-8,10-15H,1,9H2. The molecule has 3 aromatic rings. The van der Waals surface area contributed by atoms with Crippen LogP contribution < -0.4 is 0 Å². The van der Waals surface area contributed by atoms with Crippen LogP contribution in [0.25, 0.3) is 22.3 Å². The molecule has 1 heteroatoms. The van der Waals surface area contributed by atoms with Crippen molar-refractivity contribution >= 4 is 0 Å². The van der Waals surface area contributed by atoms with E-state index >= 15 is 0 Å². The minimum absolute atomic E-state index is 0.692. The third kappa shape index (κ3) is 2.93. The molecular weight excluding hydrogens is 278 g/mol. The molecule has 0 unspecified atom stereocenters. The van der Waals surface area contributed by atoms with E-state index in [1.54, 1.807) is 0 Å². The minimum Gasteiger partial charge on any atom is -0.192 e. The summed E-state index contributed by atoms with van der Waals surface area (Å²) < 4.78 is 0. The molecule has 0 fully saturated rings. The predicted octanol–water partition coefficient (Wildman–Crippen LogP) is 5.62. The Morgan fingerprint density at radius 2 is 1.43 bits per heavy atom. The van der Waals surface area contributed by atoms with Crippen LogP contribution in [-0.2, 0) is 6.42 Å². The molecule has 3 aromatic carbocycles. The van der Waals surface area contributed by atoms with E-state index in [4.69, 9.17) is 0 Å². The number of hydrogen-bond acceptors (Lipinski definition) is 1. The molecular formula is C22H17N. The lowest BCUT2D eigenvalue weighted by molar-refractivity contribution is 1.25. The molecule has 23 heavy (non-hydrogen) atoms. The van der Waals surface area contributed by atoms with Crippen LogP contribution in [-0.4, -0.2) is 0 Å². The summed E-state index contributed by atoms with van der Waals surface area (Å²) in [5.74, 6) is 0. The second-order valence-electron chi connectivity index (χ2n) is 5.36. The Kier molecular flexibility index (Phi) is 4.36. The van der Waals surface area contributed by atoms with Gasteiger partial charge in [0, 0.05) is 5.56 Å². The minimum atomic E-state index is 0.692. The molecule has 0 radical (unpaired) electrons. The number of allylic oxidation sites excluding steroid dienone is 1. The number of benzene rings is 3. The van der Waals surface area contributed by atoms with E-state index in [0.29, 0.717) is 6.42 Å². The van der Waals surface area contributed by atoms with Gasteiger partial charge in [-0.2, -0.15) is 5.26 Å². The Bertz CT molecular complexity index is 856. The van der Waals surface area contributed by atoms with Gasteiger partial charge >= 0.3 is 0 Å². The van der Waals surface area contributed by atoms with E-state index in [2.05, 4.69) is 43.0 Å². The summed E-state index contributed by atoms with van der Waals surface area (Å²) in [5.41, 5.74) is 6.01. The highest BCUT2D eigenvalue weighted by Crippen LogP contribution is 2.36. The van der Waals surface area contributed by atoms with E-state index in [-0.39, 0.29) is 0 Å². The van der Waals surface area contributed by atoms with Crippen molar-refractivity contribution < 1.29 is 0 Å². The smallest absolute Gasteiger partial charge is 0.100 e. The summed E-state index contributed by atoms with van der Waals surface area (Å²) in [6.45, 7) is 3.80. The predicted molar refractivity (Wildman–Crippen MR) is 95.9 cm³/mol. The van der Waals surface area contributed by atoms with Gasteiger partial charge in [-0.25, -0.2) is 0 Å². The summed E-state index contributed by atoms with van der Waals surface area (Å²) in [4.78, 5) is 0. The lowest BCUT2D eigenvalue weighted by Gasteiger charge is -2.15. The molecule has 0 atom stereocenters. The summed E-state index contributed by atoms with van der Waals surface area (Å²) in [5, 5.41) is 9.77. The molecule has 0 bridgehead atoms. The lowest BCUT2D eigenvalue weighted by Crippen LogP contribution is -1.96. The van der Waals surface area contributed by atoms with Crippen molar-refractivity contribution in [3.63, 3.8) is 0 Å². The molecule has 0 aliphatic rings. The molecule has 0 saturated carbocycles. The Morgan fingerprint density at radius 1 is 0.826 bits per heavy atom. The fourth-order valence-corrected chi connectivity index (χ4v) is 2.86. The van der Waals surface area contributed by atoms with Crippen LogP contribution in [0, 0.1) is 11.3 Å². The summed E-state index contributed by atoms with van der Waals surface area (Å²) in [7, 11) is 0. The third-order valence-corrected chi connectivity index (χ3v) is 3.91. The highest BCUT2D eigenvalue weighted by molar-refractivity contribution is 5.88. The molecule has 0 spiro atoms. The van der Waals surface area contributed by atoms with Crippen LogP contribution in [0.1, 0.15) is 11.1 Å². The first-order valence-electron chi connectivity index (χ1n) is 7.63. The fourth-order valence-electron chi connectivity index (χ4n) is 2.86. The number of nitrogens with zero attached hydrogens (tertiary/aromatic N) is 1. The Morgan fingerprint density at radius 3 is 2.00 bits per heavy atom. The molecule has 3 rings (SSSR count). The highest BCUT2D eigenvalue weighted by Gasteiger charge is 2.15. The molecule has 1 nitrogen and oxygen atoms in total.